The summed E-state index contributed by atoms with van der Waals surface area (Å²) in [5.41, 5.74) is 3.68. The first kappa shape index (κ1) is 18.7. The average Bonchev–Trinajstić information content (AvgIpc) is 3.07. The largest absolute Gasteiger partial charge is 0.352 e. The molecule has 146 valence electrons. The molecule has 2 fully saturated rings. The molecule has 4 rings (SSSR count). The third kappa shape index (κ3) is 3.82. The number of carbonyl (C=O) groups is 2. The minimum absolute atomic E-state index is 0.00848. The molecule has 1 heterocycles. The Morgan fingerprint density at radius 2 is 1.82 bits per heavy atom. The Kier molecular flexibility index (Phi) is 5.47. The summed E-state index contributed by atoms with van der Waals surface area (Å²) in [4.78, 5) is 27.1. The highest BCUT2D eigenvalue weighted by Crippen LogP contribution is 2.38. The third-order valence-electron chi connectivity index (χ3n) is 6.33. The van der Waals surface area contributed by atoms with Crippen LogP contribution in [0.15, 0.2) is 54.6 Å². The molecule has 2 amide bonds. The topological polar surface area (TPSA) is 49.4 Å². The molecule has 2 unspecified atom stereocenters. The molecule has 2 aliphatic rings. The highest BCUT2D eigenvalue weighted by molar-refractivity contribution is 5.89. The molecule has 1 saturated carbocycles. The summed E-state index contributed by atoms with van der Waals surface area (Å²) in [5, 5.41) is 3.09. The van der Waals surface area contributed by atoms with Gasteiger partial charge in [0, 0.05) is 19.5 Å². The van der Waals surface area contributed by atoms with Crippen molar-refractivity contribution in [2.24, 2.45) is 5.92 Å². The molecule has 0 spiro atoms. The van der Waals surface area contributed by atoms with Crippen LogP contribution in [-0.2, 0) is 16.1 Å². The van der Waals surface area contributed by atoms with E-state index in [-0.39, 0.29) is 23.8 Å². The first-order valence-corrected chi connectivity index (χ1v) is 10.3. The second-order valence-electron chi connectivity index (χ2n) is 8.08. The van der Waals surface area contributed by atoms with E-state index in [1.165, 1.54) is 30.4 Å². The van der Waals surface area contributed by atoms with Crippen molar-refractivity contribution in [3.8, 4) is 0 Å². The second kappa shape index (κ2) is 8.17. The number of carbonyl (C=O) groups excluding carboxylic acids is 2. The molecule has 0 radical (unpaired) electrons. The van der Waals surface area contributed by atoms with Crippen LogP contribution in [0.25, 0.3) is 0 Å². The van der Waals surface area contributed by atoms with Crippen molar-refractivity contribution in [2.45, 2.75) is 51.1 Å². The number of rotatable bonds is 6. The zero-order valence-corrected chi connectivity index (χ0v) is 16.4. The number of hydrogen-bond acceptors (Lipinski definition) is 2. The highest BCUT2D eigenvalue weighted by Gasteiger charge is 2.37. The molecule has 2 aromatic rings. The number of likely N-dealkylation sites (tertiary alicyclic amines) is 1. The van der Waals surface area contributed by atoms with Crippen LogP contribution in [0.5, 0.6) is 0 Å². The van der Waals surface area contributed by atoms with Gasteiger partial charge in [-0.05, 0) is 42.4 Å². The van der Waals surface area contributed by atoms with E-state index in [4.69, 9.17) is 0 Å². The van der Waals surface area contributed by atoms with Gasteiger partial charge in [0.2, 0.25) is 11.8 Å². The third-order valence-corrected chi connectivity index (χ3v) is 6.33. The molecular weight excluding hydrogens is 348 g/mol. The quantitative estimate of drug-likeness (QED) is 0.822. The normalized spacial score (nSPS) is 20.7. The summed E-state index contributed by atoms with van der Waals surface area (Å²) in [6, 6.07) is 18.4. The standard InChI is InChI=1S/C24H28N2O2/c1-17(18-8-3-2-4-9-18)26-16-21(14-23(26)27)24(28)25-15-20-10-5-6-13-22(20)19-11-7-12-19/h2-6,8-10,13,17,19,21H,7,11-12,14-16H2,1H3,(H,25,28). The summed E-state index contributed by atoms with van der Waals surface area (Å²) >= 11 is 0. The molecule has 0 aromatic heterocycles. The summed E-state index contributed by atoms with van der Waals surface area (Å²) in [7, 11) is 0. The maximum absolute atomic E-state index is 12.7. The van der Waals surface area contributed by atoms with Crippen molar-refractivity contribution >= 4 is 11.8 Å². The van der Waals surface area contributed by atoms with Crippen molar-refractivity contribution in [1.82, 2.24) is 10.2 Å². The van der Waals surface area contributed by atoms with Gasteiger partial charge in [0.1, 0.15) is 0 Å². The number of nitrogens with zero attached hydrogens (tertiary/aromatic N) is 1. The van der Waals surface area contributed by atoms with Crippen molar-refractivity contribution in [1.29, 1.82) is 0 Å². The molecule has 1 aliphatic carbocycles. The number of nitrogens with one attached hydrogen (secondary N) is 1. The second-order valence-corrected chi connectivity index (χ2v) is 8.08. The zero-order chi connectivity index (χ0) is 19.5. The summed E-state index contributed by atoms with van der Waals surface area (Å²) in [5.74, 6) is 0.420. The maximum Gasteiger partial charge on any atom is 0.225 e. The minimum Gasteiger partial charge on any atom is -0.352 e. The average molecular weight is 377 g/mol. The predicted molar refractivity (Wildman–Crippen MR) is 110 cm³/mol. The molecule has 1 saturated heterocycles. The van der Waals surface area contributed by atoms with E-state index >= 15 is 0 Å². The van der Waals surface area contributed by atoms with E-state index < -0.39 is 0 Å². The van der Waals surface area contributed by atoms with Crippen LogP contribution in [0.4, 0.5) is 0 Å². The Hall–Kier alpha value is -2.62. The van der Waals surface area contributed by atoms with Crippen LogP contribution in [0.2, 0.25) is 0 Å². The van der Waals surface area contributed by atoms with Crippen molar-refractivity contribution in [3.05, 3.63) is 71.3 Å². The molecule has 1 N–H and O–H groups in total. The lowest BCUT2D eigenvalue weighted by Gasteiger charge is -2.28. The lowest BCUT2D eigenvalue weighted by Crippen LogP contribution is -2.33. The van der Waals surface area contributed by atoms with Crippen molar-refractivity contribution in [3.63, 3.8) is 0 Å². The summed E-state index contributed by atoms with van der Waals surface area (Å²) in [6.07, 6.45) is 4.08. The van der Waals surface area contributed by atoms with Crippen LogP contribution in [-0.4, -0.2) is 23.3 Å². The van der Waals surface area contributed by atoms with Crippen LogP contribution in [0.3, 0.4) is 0 Å². The van der Waals surface area contributed by atoms with Gasteiger partial charge in [-0.25, -0.2) is 0 Å². The smallest absolute Gasteiger partial charge is 0.225 e. The molecule has 0 bridgehead atoms. The van der Waals surface area contributed by atoms with E-state index in [1.807, 2.05) is 48.2 Å². The van der Waals surface area contributed by atoms with E-state index in [0.29, 0.717) is 25.4 Å². The first-order chi connectivity index (χ1) is 13.6. The molecule has 4 heteroatoms. The number of hydrogen-bond donors (Lipinski definition) is 1. The molecule has 1 aliphatic heterocycles. The Balaban J connectivity index is 1.37. The Bertz CT molecular complexity index is 845. The van der Waals surface area contributed by atoms with Crippen LogP contribution < -0.4 is 5.32 Å². The van der Waals surface area contributed by atoms with E-state index in [1.54, 1.807) is 0 Å². The van der Waals surface area contributed by atoms with Crippen LogP contribution >= 0.6 is 0 Å². The first-order valence-electron chi connectivity index (χ1n) is 10.3. The number of amides is 2. The summed E-state index contributed by atoms with van der Waals surface area (Å²) in [6.45, 7) is 3.07. The lowest BCUT2D eigenvalue weighted by molar-refractivity contribution is -0.130. The monoisotopic (exact) mass is 376 g/mol. The summed E-state index contributed by atoms with van der Waals surface area (Å²) < 4.78 is 0. The fourth-order valence-electron chi connectivity index (χ4n) is 4.33. The van der Waals surface area contributed by atoms with Crippen LogP contribution in [0, 0.1) is 5.92 Å². The highest BCUT2D eigenvalue weighted by atomic mass is 16.2. The minimum atomic E-state index is -0.269. The van der Waals surface area contributed by atoms with Gasteiger partial charge in [0.05, 0.1) is 12.0 Å². The van der Waals surface area contributed by atoms with E-state index in [9.17, 15) is 9.59 Å². The van der Waals surface area contributed by atoms with E-state index in [2.05, 4.69) is 23.5 Å². The maximum atomic E-state index is 12.7. The van der Waals surface area contributed by atoms with Gasteiger partial charge in [-0.3, -0.25) is 9.59 Å². The Morgan fingerprint density at radius 3 is 2.54 bits per heavy atom. The Labute approximate surface area is 166 Å². The van der Waals surface area contributed by atoms with Gasteiger partial charge >= 0.3 is 0 Å². The SMILES string of the molecule is CC(c1ccccc1)N1CC(C(=O)NCc2ccccc2C2CCC2)CC1=O. The van der Waals surface area contributed by atoms with Gasteiger partial charge in [0.25, 0.3) is 0 Å². The van der Waals surface area contributed by atoms with Crippen LogP contribution in [0.1, 0.15) is 61.3 Å². The van der Waals surface area contributed by atoms with Crippen molar-refractivity contribution in [2.75, 3.05) is 6.54 Å². The fraction of sp³-hybridized carbons (Fsp3) is 0.417. The fourth-order valence-corrected chi connectivity index (χ4v) is 4.33. The Morgan fingerprint density at radius 1 is 1.11 bits per heavy atom. The number of benzene rings is 2. The lowest BCUT2D eigenvalue weighted by atomic mass is 9.78. The zero-order valence-electron chi connectivity index (χ0n) is 16.4. The van der Waals surface area contributed by atoms with E-state index in [0.717, 1.165) is 5.56 Å². The van der Waals surface area contributed by atoms with Gasteiger partial charge in [0.15, 0.2) is 0 Å². The van der Waals surface area contributed by atoms with Gasteiger partial charge in [-0.2, -0.15) is 0 Å². The molecule has 2 aromatic carbocycles. The predicted octanol–water partition coefficient (Wildman–Crippen LogP) is 4.18. The van der Waals surface area contributed by atoms with Crippen molar-refractivity contribution < 1.29 is 9.59 Å². The van der Waals surface area contributed by atoms with Gasteiger partial charge in [-0.15, -0.1) is 0 Å². The molecular formula is C24H28N2O2. The molecule has 4 nitrogen and oxygen atoms in total. The van der Waals surface area contributed by atoms with Gasteiger partial charge in [-0.1, -0.05) is 61.0 Å². The molecule has 28 heavy (non-hydrogen) atoms. The molecule has 2 atom stereocenters. The van der Waals surface area contributed by atoms with Gasteiger partial charge < -0.3 is 10.2 Å².